The molecule has 1 aliphatic carbocycles. The van der Waals surface area contributed by atoms with E-state index in [1.165, 1.54) is 36.4 Å². The number of rotatable bonds is 5. The van der Waals surface area contributed by atoms with Crippen LogP contribution in [-0.2, 0) is 20.0 Å². The van der Waals surface area contributed by atoms with E-state index < -0.39 is 0 Å². The molecular weight excluding hydrogens is 353 g/mol. The van der Waals surface area contributed by atoms with E-state index >= 15 is 0 Å². The fraction of sp³-hybridized carbons (Fsp3) is 0.600. The zero-order valence-corrected chi connectivity index (χ0v) is 16.5. The Morgan fingerprint density at radius 1 is 1.31 bits per heavy atom. The van der Waals surface area contributed by atoms with Gasteiger partial charge in [0.05, 0.1) is 0 Å². The van der Waals surface area contributed by atoms with Crippen LogP contribution in [0.1, 0.15) is 57.3 Å². The van der Waals surface area contributed by atoms with E-state index in [2.05, 4.69) is 18.9 Å². The monoisotopic (exact) mass is 379 g/mol. The van der Waals surface area contributed by atoms with Gasteiger partial charge in [-0.1, -0.05) is 31.5 Å². The molecule has 2 aromatic rings. The molecular formula is C20H27ClFN3O. The number of benzene rings is 1. The standard InChI is InChI=1S/C20H27ClFN3O/c1-20(2)10-7-14(8-11-20)9-12-25-18(23-24(3)19(25)26)13-15-16(21)5-4-6-17(15)22/h4-6,14H,7-13H2,1-3H3. The third-order valence-electron chi connectivity index (χ3n) is 5.70. The lowest BCUT2D eigenvalue weighted by Crippen LogP contribution is -2.26. The van der Waals surface area contributed by atoms with Gasteiger partial charge < -0.3 is 0 Å². The quantitative estimate of drug-likeness (QED) is 0.763. The average molecular weight is 380 g/mol. The van der Waals surface area contributed by atoms with Crippen molar-refractivity contribution in [2.75, 3.05) is 0 Å². The Morgan fingerprint density at radius 2 is 2.00 bits per heavy atom. The normalized spacial score (nSPS) is 17.6. The highest BCUT2D eigenvalue weighted by molar-refractivity contribution is 6.31. The third-order valence-corrected chi connectivity index (χ3v) is 6.06. The fourth-order valence-electron chi connectivity index (χ4n) is 3.83. The van der Waals surface area contributed by atoms with Crippen molar-refractivity contribution in [1.82, 2.24) is 14.3 Å². The van der Waals surface area contributed by atoms with Crippen LogP contribution < -0.4 is 5.69 Å². The van der Waals surface area contributed by atoms with Gasteiger partial charge in [-0.25, -0.2) is 13.9 Å². The maximum absolute atomic E-state index is 14.1. The summed E-state index contributed by atoms with van der Waals surface area (Å²) in [5, 5.41) is 4.68. The van der Waals surface area contributed by atoms with Gasteiger partial charge in [0.15, 0.2) is 0 Å². The zero-order chi connectivity index (χ0) is 18.9. The van der Waals surface area contributed by atoms with E-state index in [9.17, 15) is 9.18 Å². The summed E-state index contributed by atoms with van der Waals surface area (Å²) in [6.07, 6.45) is 6.06. The Balaban J connectivity index is 1.75. The number of aryl methyl sites for hydroxylation is 1. The first-order chi connectivity index (χ1) is 12.3. The van der Waals surface area contributed by atoms with Gasteiger partial charge in [0.25, 0.3) is 0 Å². The lowest BCUT2D eigenvalue weighted by atomic mass is 9.72. The van der Waals surface area contributed by atoms with Crippen molar-refractivity contribution >= 4 is 11.6 Å². The molecule has 0 atom stereocenters. The van der Waals surface area contributed by atoms with E-state index in [4.69, 9.17) is 11.6 Å². The number of nitrogens with zero attached hydrogens (tertiary/aromatic N) is 3. The van der Waals surface area contributed by atoms with Crippen LogP contribution >= 0.6 is 11.6 Å². The van der Waals surface area contributed by atoms with Crippen molar-refractivity contribution in [1.29, 1.82) is 0 Å². The van der Waals surface area contributed by atoms with Crippen LogP contribution in [0.15, 0.2) is 23.0 Å². The third kappa shape index (κ3) is 4.20. The van der Waals surface area contributed by atoms with Gasteiger partial charge >= 0.3 is 5.69 Å². The highest BCUT2D eigenvalue weighted by Crippen LogP contribution is 2.39. The molecule has 0 amide bonds. The van der Waals surface area contributed by atoms with Crippen LogP contribution in [0.3, 0.4) is 0 Å². The molecule has 1 fully saturated rings. The van der Waals surface area contributed by atoms with Crippen LogP contribution in [0.5, 0.6) is 0 Å². The first-order valence-corrected chi connectivity index (χ1v) is 9.70. The molecule has 1 aromatic carbocycles. The first-order valence-electron chi connectivity index (χ1n) is 9.32. The van der Waals surface area contributed by atoms with Crippen molar-refractivity contribution in [3.63, 3.8) is 0 Å². The summed E-state index contributed by atoms with van der Waals surface area (Å²) in [5.41, 5.74) is 0.679. The van der Waals surface area contributed by atoms with E-state index in [1.54, 1.807) is 23.7 Å². The predicted octanol–water partition coefficient (Wildman–Crippen LogP) is 4.57. The first kappa shape index (κ1) is 19.2. The molecule has 1 aliphatic rings. The van der Waals surface area contributed by atoms with E-state index in [1.807, 2.05) is 0 Å². The zero-order valence-electron chi connectivity index (χ0n) is 15.8. The summed E-state index contributed by atoms with van der Waals surface area (Å²) in [5.74, 6) is 0.845. The van der Waals surface area contributed by atoms with Gasteiger partial charge in [0, 0.05) is 30.6 Å². The second-order valence-electron chi connectivity index (χ2n) is 8.25. The van der Waals surface area contributed by atoms with Crippen molar-refractivity contribution in [3.8, 4) is 0 Å². The predicted molar refractivity (Wildman–Crippen MR) is 102 cm³/mol. The molecule has 26 heavy (non-hydrogen) atoms. The summed E-state index contributed by atoms with van der Waals surface area (Å²) in [6, 6.07) is 4.63. The Hall–Kier alpha value is -1.62. The number of hydrogen-bond donors (Lipinski definition) is 0. The lowest BCUT2D eigenvalue weighted by molar-refractivity contribution is 0.181. The maximum Gasteiger partial charge on any atom is 0.345 e. The van der Waals surface area contributed by atoms with Gasteiger partial charge in [0.1, 0.15) is 11.6 Å². The molecule has 1 saturated carbocycles. The van der Waals surface area contributed by atoms with E-state index in [0.717, 1.165) is 6.42 Å². The Bertz CT molecular complexity index is 810. The van der Waals surface area contributed by atoms with Crippen molar-refractivity contribution in [2.45, 2.75) is 58.9 Å². The van der Waals surface area contributed by atoms with E-state index in [0.29, 0.717) is 34.3 Å². The van der Waals surface area contributed by atoms with Crippen molar-refractivity contribution in [2.24, 2.45) is 18.4 Å². The van der Waals surface area contributed by atoms with Crippen molar-refractivity contribution < 1.29 is 4.39 Å². The van der Waals surface area contributed by atoms with Gasteiger partial charge in [0.2, 0.25) is 0 Å². The fourth-order valence-corrected chi connectivity index (χ4v) is 4.06. The Labute approximate surface area is 159 Å². The van der Waals surface area contributed by atoms with Crippen molar-refractivity contribution in [3.05, 3.63) is 50.9 Å². The highest BCUT2D eigenvalue weighted by atomic mass is 35.5. The van der Waals surface area contributed by atoms with Gasteiger partial charge in [-0.2, -0.15) is 5.10 Å². The maximum atomic E-state index is 14.1. The van der Waals surface area contributed by atoms with E-state index in [-0.39, 0.29) is 17.9 Å². The summed E-state index contributed by atoms with van der Waals surface area (Å²) < 4.78 is 17.1. The molecule has 0 saturated heterocycles. The van der Waals surface area contributed by atoms with Gasteiger partial charge in [-0.05, 0) is 55.6 Å². The highest BCUT2D eigenvalue weighted by Gasteiger charge is 2.27. The molecule has 0 spiro atoms. The molecule has 0 unspecified atom stereocenters. The molecule has 0 N–H and O–H groups in total. The molecule has 1 aromatic heterocycles. The smallest absolute Gasteiger partial charge is 0.279 e. The average Bonchev–Trinajstić information content (AvgIpc) is 2.84. The molecule has 0 radical (unpaired) electrons. The van der Waals surface area contributed by atoms with Gasteiger partial charge in [-0.15, -0.1) is 0 Å². The minimum Gasteiger partial charge on any atom is -0.279 e. The summed E-state index contributed by atoms with van der Waals surface area (Å²) in [4.78, 5) is 12.5. The molecule has 4 nitrogen and oxygen atoms in total. The number of halogens is 2. The second-order valence-corrected chi connectivity index (χ2v) is 8.65. The summed E-state index contributed by atoms with van der Waals surface area (Å²) in [7, 11) is 1.63. The number of hydrogen-bond acceptors (Lipinski definition) is 2. The minimum atomic E-state index is -0.364. The SMILES string of the molecule is Cn1nc(Cc2c(F)cccc2Cl)n(CCC2CCC(C)(C)CC2)c1=O. The molecule has 6 heteroatoms. The number of aromatic nitrogens is 3. The van der Waals surface area contributed by atoms with Crippen LogP contribution in [0.25, 0.3) is 0 Å². The second kappa shape index (κ2) is 7.55. The topological polar surface area (TPSA) is 39.8 Å². The lowest BCUT2D eigenvalue weighted by Gasteiger charge is -2.34. The molecule has 0 bridgehead atoms. The van der Waals surface area contributed by atoms with Gasteiger partial charge in [-0.3, -0.25) is 4.57 Å². The molecule has 1 heterocycles. The van der Waals surface area contributed by atoms with Crippen LogP contribution in [0.4, 0.5) is 4.39 Å². The van der Waals surface area contributed by atoms with Crippen LogP contribution in [0, 0.1) is 17.2 Å². The summed E-state index contributed by atoms with van der Waals surface area (Å²) >= 11 is 6.14. The summed E-state index contributed by atoms with van der Waals surface area (Å²) in [6.45, 7) is 5.27. The van der Waals surface area contributed by atoms with Crippen LogP contribution in [0.2, 0.25) is 5.02 Å². The Morgan fingerprint density at radius 3 is 2.65 bits per heavy atom. The molecule has 3 rings (SSSR count). The van der Waals surface area contributed by atoms with Crippen LogP contribution in [-0.4, -0.2) is 14.3 Å². The largest absolute Gasteiger partial charge is 0.345 e. The Kier molecular flexibility index (Phi) is 5.56. The molecule has 142 valence electrons. The minimum absolute atomic E-state index is 0.149. The molecule has 0 aliphatic heterocycles.